The van der Waals surface area contributed by atoms with Crippen molar-refractivity contribution in [3.8, 4) is 11.6 Å². The van der Waals surface area contributed by atoms with Crippen LogP contribution < -0.4 is 10.5 Å². The van der Waals surface area contributed by atoms with Crippen molar-refractivity contribution in [2.75, 3.05) is 5.73 Å². The summed E-state index contributed by atoms with van der Waals surface area (Å²) in [6.07, 6.45) is 1.44. The van der Waals surface area contributed by atoms with Crippen molar-refractivity contribution in [3.63, 3.8) is 0 Å². The molecule has 0 fully saturated rings. The monoisotopic (exact) mass is 266 g/mol. The van der Waals surface area contributed by atoms with E-state index >= 15 is 0 Å². The van der Waals surface area contributed by atoms with E-state index in [9.17, 15) is 10.1 Å². The molecule has 1 aromatic heterocycles. The van der Waals surface area contributed by atoms with Crippen molar-refractivity contribution in [1.82, 2.24) is 9.97 Å². The Balaban J connectivity index is 2.25. The second-order valence-corrected chi connectivity index (χ2v) is 3.63. The summed E-state index contributed by atoms with van der Waals surface area (Å²) in [5, 5.41) is 10.6. The molecule has 7 nitrogen and oxygen atoms in total. The van der Waals surface area contributed by atoms with Crippen LogP contribution in [-0.4, -0.2) is 14.9 Å². The van der Waals surface area contributed by atoms with Gasteiger partial charge in [0.1, 0.15) is 10.8 Å². The number of nitrogens with two attached hydrogens (primary N) is 1. The Hall–Kier alpha value is -2.41. The molecule has 0 atom stereocenters. The fourth-order valence-electron chi connectivity index (χ4n) is 1.23. The summed E-state index contributed by atoms with van der Waals surface area (Å²) in [5.74, 6) is 0.622. The molecule has 1 heterocycles. The number of rotatable bonds is 3. The van der Waals surface area contributed by atoms with Crippen LogP contribution in [0, 0.1) is 10.1 Å². The lowest BCUT2D eigenvalue weighted by Gasteiger charge is -2.05. The third-order valence-corrected chi connectivity index (χ3v) is 2.29. The Morgan fingerprint density at radius 1 is 1.39 bits per heavy atom. The summed E-state index contributed by atoms with van der Waals surface area (Å²) >= 11 is 5.74. The first-order chi connectivity index (χ1) is 8.56. The topological polar surface area (TPSA) is 104 Å². The van der Waals surface area contributed by atoms with Crippen molar-refractivity contribution >= 4 is 23.2 Å². The molecule has 0 radical (unpaired) electrons. The molecule has 8 heteroatoms. The van der Waals surface area contributed by atoms with Gasteiger partial charge in [0, 0.05) is 24.4 Å². The second-order valence-electron chi connectivity index (χ2n) is 3.23. The highest BCUT2D eigenvalue weighted by molar-refractivity contribution is 6.32. The van der Waals surface area contributed by atoms with E-state index in [0.717, 1.165) is 0 Å². The molecular weight excluding hydrogens is 260 g/mol. The number of aromatic nitrogens is 2. The maximum atomic E-state index is 10.6. The van der Waals surface area contributed by atoms with Crippen molar-refractivity contribution in [3.05, 3.63) is 45.6 Å². The van der Waals surface area contributed by atoms with E-state index in [1.807, 2.05) is 0 Å². The molecule has 0 saturated heterocycles. The standard InChI is InChI=1S/C10H7ClN4O3/c11-7-5-6(1-2-8(7)15(16)17)18-9-3-4-13-10(12)14-9/h1-5H,(H2,12,13,14). The zero-order valence-corrected chi connectivity index (χ0v) is 9.66. The molecule has 0 amide bonds. The molecule has 92 valence electrons. The molecule has 0 bridgehead atoms. The quantitative estimate of drug-likeness (QED) is 0.676. The van der Waals surface area contributed by atoms with Crippen LogP contribution in [0.2, 0.25) is 5.02 Å². The van der Waals surface area contributed by atoms with Gasteiger partial charge >= 0.3 is 0 Å². The van der Waals surface area contributed by atoms with Gasteiger partial charge in [-0.3, -0.25) is 10.1 Å². The van der Waals surface area contributed by atoms with E-state index in [4.69, 9.17) is 22.1 Å². The minimum Gasteiger partial charge on any atom is -0.439 e. The van der Waals surface area contributed by atoms with Crippen molar-refractivity contribution < 1.29 is 9.66 Å². The number of nitrogen functional groups attached to an aromatic ring is 1. The van der Waals surface area contributed by atoms with Crippen molar-refractivity contribution in [2.24, 2.45) is 0 Å². The minimum atomic E-state index is -0.575. The van der Waals surface area contributed by atoms with Crippen LogP contribution in [0.4, 0.5) is 11.6 Å². The molecule has 0 aliphatic rings. The lowest BCUT2D eigenvalue weighted by Crippen LogP contribution is -1.96. The van der Waals surface area contributed by atoms with Gasteiger partial charge in [-0.15, -0.1) is 0 Å². The van der Waals surface area contributed by atoms with Crippen molar-refractivity contribution in [2.45, 2.75) is 0 Å². The van der Waals surface area contributed by atoms with E-state index in [0.29, 0.717) is 5.75 Å². The smallest absolute Gasteiger partial charge is 0.288 e. The summed E-state index contributed by atoms with van der Waals surface area (Å²) in [7, 11) is 0. The normalized spacial score (nSPS) is 10.1. The molecule has 2 aromatic rings. The van der Waals surface area contributed by atoms with Crippen LogP contribution in [0.5, 0.6) is 11.6 Å². The predicted octanol–water partition coefficient (Wildman–Crippen LogP) is 2.41. The molecule has 1 aromatic carbocycles. The van der Waals surface area contributed by atoms with Gasteiger partial charge in [-0.25, -0.2) is 4.98 Å². The van der Waals surface area contributed by atoms with Gasteiger partial charge in [-0.2, -0.15) is 4.98 Å². The number of anilines is 1. The van der Waals surface area contributed by atoms with Gasteiger partial charge in [0.2, 0.25) is 11.8 Å². The average Bonchev–Trinajstić information content (AvgIpc) is 2.28. The zero-order chi connectivity index (χ0) is 13.1. The van der Waals surface area contributed by atoms with E-state index in [-0.39, 0.29) is 22.5 Å². The maximum absolute atomic E-state index is 10.6. The summed E-state index contributed by atoms with van der Waals surface area (Å²) in [4.78, 5) is 17.5. The van der Waals surface area contributed by atoms with Gasteiger partial charge < -0.3 is 10.5 Å². The number of nitrogens with zero attached hydrogens (tertiary/aromatic N) is 3. The third kappa shape index (κ3) is 2.64. The fourth-order valence-corrected chi connectivity index (χ4v) is 1.47. The highest BCUT2D eigenvalue weighted by Gasteiger charge is 2.13. The molecule has 2 rings (SSSR count). The highest BCUT2D eigenvalue weighted by atomic mass is 35.5. The predicted molar refractivity (Wildman–Crippen MR) is 64.6 cm³/mol. The Labute approximate surface area is 106 Å². The van der Waals surface area contributed by atoms with Crippen LogP contribution in [0.15, 0.2) is 30.5 Å². The number of nitro groups is 1. The fraction of sp³-hybridized carbons (Fsp3) is 0. The van der Waals surface area contributed by atoms with Gasteiger partial charge in [0.05, 0.1) is 4.92 Å². The highest BCUT2D eigenvalue weighted by Crippen LogP contribution is 2.30. The zero-order valence-electron chi connectivity index (χ0n) is 8.91. The largest absolute Gasteiger partial charge is 0.439 e. The van der Waals surface area contributed by atoms with Crippen LogP contribution in [0.25, 0.3) is 0 Å². The molecule has 2 N–H and O–H groups in total. The molecular formula is C10H7ClN4O3. The molecule has 18 heavy (non-hydrogen) atoms. The van der Waals surface area contributed by atoms with E-state index in [1.54, 1.807) is 0 Å². The van der Waals surface area contributed by atoms with Crippen LogP contribution in [-0.2, 0) is 0 Å². The summed E-state index contributed by atoms with van der Waals surface area (Å²) in [6, 6.07) is 5.51. The summed E-state index contributed by atoms with van der Waals surface area (Å²) < 4.78 is 5.34. The lowest BCUT2D eigenvalue weighted by atomic mass is 10.3. The Bertz CT molecular complexity index is 605. The second kappa shape index (κ2) is 4.84. The van der Waals surface area contributed by atoms with E-state index in [1.165, 1.54) is 30.5 Å². The third-order valence-electron chi connectivity index (χ3n) is 1.99. The van der Waals surface area contributed by atoms with Gasteiger partial charge in [0.15, 0.2) is 0 Å². The van der Waals surface area contributed by atoms with Crippen molar-refractivity contribution in [1.29, 1.82) is 0 Å². The molecule has 0 saturated carbocycles. The summed E-state index contributed by atoms with van der Waals surface area (Å²) in [6.45, 7) is 0. The van der Waals surface area contributed by atoms with Crippen LogP contribution in [0.1, 0.15) is 0 Å². The SMILES string of the molecule is Nc1nccc(Oc2ccc([N+](=O)[O-])c(Cl)c2)n1. The van der Waals surface area contributed by atoms with Gasteiger partial charge in [-0.05, 0) is 6.07 Å². The van der Waals surface area contributed by atoms with Crippen LogP contribution >= 0.6 is 11.6 Å². The van der Waals surface area contributed by atoms with E-state index in [2.05, 4.69) is 9.97 Å². The van der Waals surface area contributed by atoms with Gasteiger partial charge in [-0.1, -0.05) is 11.6 Å². The molecule has 0 spiro atoms. The number of benzene rings is 1. The Morgan fingerprint density at radius 3 is 2.78 bits per heavy atom. The summed E-state index contributed by atoms with van der Waals surface area (Å²) in [5.41, 5.74) is 5.20. The molecule has 0 unspecified atom stereocenters. The number of halogens is 1. The number of hydrogen-bond acceptors (Lipinski definition) is 6. The minimum absolute atomic E-state index is 0.0143. The number of hydrogen-bond donors (Lipinski definition) is 1. The first-order valence-corrected chi connectivity index (χ1v) is 5.14. The molecule has 0 aliphatic carbocycles. The average molecular weight is 267 g/mol. The maximum Gasteiger partial charge on any atom is 0.288 e. The first-order valence-electron chi connectivity index (χ1n) is 4.76. The lowest BCUT2D eigenvalue weighted by molar-refractivity contribution is -0.384. The number of nitro benzene ring substituents is 1. The Kier molecular flexibility index (Phi) is 3.24. The number of ether oxygens (including phenoxy) is 1. The van der Waals surface area contributed by atoms with E-state index < -0.39 is 4.92 Å². The van der Waals surface area contributed by atoms with Crippen LogP contribution in [0.3, 0.4) is 0 Å². The van der Waals surface area contributed by atoms with Gasteiger partial charge in [0.25, 0.3) is 5.69 Å². The Morgan fingerprint density at radius 2 is 2.17 bits per heavy atom. The molecule has 0 aliphatic heterocycles. The first kappa shape index (κ1) is 12.1.